The topological polar surface area (TPSA) is 303 Å². The molecule has 0 unspecified atom stereocenters. The van der Waals surface area contributed by atoms with Crippen LogP contribution in [0.1, 0.15) is 166 Å². The van der Waals surface area contributed by atoms with Crippen LogP contribution >= 0.6 is 36.2 Å². The maximum atomic E-state index is 12.1. The molecule has 0 aromatic heterocycles. The molecule has 0 aliphatic carbocycles. The summed E-state index contributed by atoms with van der Waals surface area (Å²) >= 11 is 7.63. The number of ether oxygens (including phenoxy) is 8. The van der Waals surface area contributed by atoms with Crippen LogP contribution in [0.2, 0.25) is 37.8 Å². The Bertz CT molecular complexity index is 3230. The fraction of sp³-hybridized carbons (Fsp3) is 0.609. The Morgan fingerprint density at radius 2 is 0.959 bits per heavy atom. The molecule has 121 heavy (non-hydrogen) atoms. The van der Waals surface area contributed by atoms with Gasteiger partial charge in [0.25, 0.3) is 0 Å². The second-order valence-electron chi connectivity index (χ2n) is 29.5. The molecule has 0 amide bonds. The number of thioether (sulfide) groups is 2. The number of aliphatic hydroxyl groups excluding tert-OH is 1. The molecule has 1 fully saturated rings. The van der Waals surface area contributed by atoms with E-state index in [1.54, 1.807) is 90.4 Å². The zero-order valence-electron chi connectivity index (χ0n) is 76.2. The largest absolute Gasteiger partial charge is 0.490 e. The third-order valence-electron chi connectivity index (χ3n) is 18.1. The monoisotopic (exact) mass is 2030 g/mol. The number of rotatable bonds is 51. The van der Waals surface area contributed by atoms with Crippen LogP contribution < -0.4 is 9.47 Å². The van der Waals surface area contributed by atoms with Gasteiger partial charge in [0.05, 0.1) is 37.5 Å². The van der Waals surface area contributed by atoms with Gasteiger partial charge in [0.15, 0.2) is 0 Å². The van der Waals surface area contributed by atoms with Crippen molar-refractivity contribution in [2.45, 2.75) is 200 Å². The number of unbranched alkanes of at least 4 members (excludes halogenated alkanes) is 4. The number of carbonyl (C=O) groups excluding carboxylic acids is 7. The standard InChI is InChI=1S/C37H60O10S2Si2.C12H18O4.C11H16O5.C11H14O3.C9H16N2.C7H18O2SSi.BH.U/c1-37(2,31-11-15-33(16-12-31)44-21-23-46-35(38)19-27-48-25-9-29-50(7,40-3)41-4)32-13-17-34(18-14-32)45-22-24-47-36(39)20-28-49-26-10-30-51(8,42-5)43-6;1-3-11(13)15-9-7-5-6-8-10-16-12(14)4-2;1-7(2)10(13)15-5-9(12)6-16-11(14)8(3)4;1-11(2,3)14-13-10(12)9-7-5-4-6-8-9;1-2-5-9-10-6-4-8-11(9)7-3-1;1-8-11(3,9-2)7-5-4-6-10;;/h11-18H,9-10,19-30H2,1-8H3;3-4H,1-2,5-10H2;9,12H,1,3,5-6H2,2,4H3;4-8H,1-3H3;1-8H2;10H,4-7H2,1-3H3;1H;/i;;;;;;1D;. The molecule has 2 radical (unpaired) electrons. The van der Waals surface area contributed by atoms with Crippen molar-refractivity contribution in [1.82, 2.24) is 4.90 Å². The quantitative estimate of drug-likeness (QED) is 0.00775. The van der Waals surface area contributed by atoms with Crippen molar-refractivity contribution in [3.63, 3.8) is 0 Å². The Morgan fingerprint density at radius 3 is 1.35 bits per heavy atom. The van der Waals surface area contributed by atoms with Crippen LogP contribution in [0.3, 0.4) is 0 Å². The minimum absolute atomic E-state index is 0. The molecule has 3 aromatic rings. The molecule has 2 aliphatic rings. The number of carbonyl (C=O) groups is 7. The number of aliphatic imine (C=N–C) groups is 1. The summed E-state index contributed by atoms with van der Waals surface area (Å²) in [4.78, 5) is 95.3. The summed E-state index contributed by atoms with van der Waals surface area (Å²) in [6.07, 6.45) is 16.5. The second-order valence-corrected chi connectivity index (χ2v) is 43.2. The molecule has 3 aromatic carbocycles. The summed E-state index contributed by atoms with van der Waals surface area (Å²) in [6, 6.07) is 27.7. The first-order valence-corrected chi connectivity index (χ1v) is 51.1. The van der Waals surface area contributed by atoms with E-state index in [0.29, 0.717) is 44.8 Å². The van der Waals surface area contributed by atoms with Gasteiger partial charge in [0.2, 0.25) is 0 Å². The predicted octanol–water partition coefficient (Wildman–Crippen LogP) is 15.9. The summed E-state index contributed by atoms with van der Waals surface area (Å²) < 4.78 is 79.1. The summed E-state index contributed by atoms with van der Waals surface area (Å²) in [6.45, 7) is 37.3. The van der Waals surface area contributed by atoms with E-state index in [-0.39, 0.29) is 98.0 Å². The number of esters is 6. The van der Waals surface area contributed by atoms with E-state index in [2.05, 4.69) is 129 Å². The van der Waals surface area contributed by atoms with E-state index in [4.69, 9.17) is 61.2 Å². The fourth-order valence-electron chi connectivity index (χ4n) is 10.2. The molecule has 0 bridgehead atoms. The number of fused-ring (bicyclic) bond motifs is 1. The second kappa shape index (κ2) is 71.6. The zero-order valence-corrected chi connectivity index (χ0v) is 84.9. The normalized spacial score (nSPS) is 12.3. The number of hydrogen-bond donors (Lipinski definition) is 2. The molecular weight excluding hydrogens is 1890 g/mol. The fourth-order valence-corrected chi connectivity index (χ4v) is 16.9. The van der Waals surface area contributed by atoms with Gasteiger partial charge in [-0.1, -0.05) is 95.5 Å². The van der Waals surface area contributed by atoms with Gasteiger partial charge in [0, 0.05) is 148 Å². The third-order valence-corrected chi connectivity index (χ3v) is 29.5. The van der Waals surface area contributed by atoms with E-state index < -0.39 is 55.3 Å². The maximum Gasteiger partial charge on any atom is 0.373 e. The van der Waals surface area contributed by atoms with E-state index in [9.17, 15) is 38.7 Å². The number of nitrogens with zero attached hydrogens (tertiary/aromatic N) is 2. The van der Waals surface area contributed by atoms with Gasteiger partial charge in [-0.25, -0.2) is 24.0 Å². The number of aliphatic hydroxyl groups is 1. The molecule has 0 saturated carbocycles. The molecular formula is C87H143BN2O24S3Si3U. The van der Waals surface area contributed by atoms with Gasteiger partial charge < -0.3 is 74.5 Å². The van der Waals surface area contributed by atoms with Crippen LogP contribution in [0.5, 0.6) is 11.5 Å². The van der Waals surface area contributed by atoms with Crippen LogP contribution in [-0.2, 0) is 98.9 Å². The number of amidine groups is 1. The molecule has 26 nitrogen and oxygen atoms in total. The van der Waals surface area contributed by atoms with Crippen molar-refractivity contribution in [1.29, 1.82) is 1.34 Å². The minimum atomic E-state index is -2.01. The first-order chi connectivity index (χ1) is 57.6. The molecule has 2 heterocycles. The van der Waals surface area contributed by atoms with Crippen LogP contribution in [0.15, 0.2) is 133 Å². The van der Waals surface area contributed by atoms with Gasteiger partial charge in [-0.3, -0.25) is 19.5 Å². The number of hydrogen-bond acceptors (Lipinski definition) is 29. The Hall–Kier alpha value is -5.52. The van der Waals surface area contributed by atoms with Crippen molar-refractivity contribution in [2.75, 3.05) is 144 Å². The van der Waals surface area contributed by atoms with Crippen molar-refractivity contribution in [3.8, 4) is 11.5 Å². The molecule has 5 rings (SSSR count). The van der Waals surface area contributed by atoms with Crippen molar-refractivity contribution in [3.05, 3.63) is 145 Å². The molecule has 0 atom stereocenters. The number of thiol groups is 1. The van der Waals surface area contributed by atoms with Crippen LogP contribution in [0.4, 0.5) is 0 Å². The molecule has 1 saturated heterocycles. The van der Waals surface area contributed by atoms with E-state index in [1.165, 1.54) is 64.9 Å². The first kappa shape index (κ1) is 118. The molecule has 34 heteroatoms. The van der Waals surface area contributed by atoms with Gasteiger partial charge in [-0.2, -0.15) is 41.0 Å². The van der Waals surface area contributed by atoms with Crippen molar-refractivity contribution >= 4 is 118 Å². The number of benzene rings is 3. The Labute approximate surface area is 767 Å². The van der Waals surface area contributed by atoms with E-state index >= 15 is 0 Å². The van der Waals surface area contributed by atoms with Crippen molar-refractivity contribution in [2.24, 2.45) is 4.99 Å². The molecule has 0 spiro atoms. The van der Waals surface area contributed by atoms with Gasteiger partial charge in [-0.05, 0) is 203 Å². The summed E-state index contributed by atoms with van der Waals surface area (Å²) in [5.74, 6) is 4.34. The average molecular weight is 2030 g/mol. The van der Waals surface area contributed by atoms with Gasteiger partial charge in [-0.15, -0.1) is 0 Å². The minimum Gasteiger partial charge on any atom is -0.490 e. The van der Waals surface area contributed by atoms with Gasteiger partial charge >= 0.3 is 67.5 Å². The van der Waals surface area contributed by atoms with Crippen LogP contribution in [-0.4, -0.2) is 249 Å². The van der Waals surface area contributed by atoms with E-state index in [0.717, 1.165) is 140 Å². The summed E-state index contributed by atoms with van der Waals surface area (Å²) in [7, 11) is 8.24. The smallest absolute Gasteiger partial charge is 0.373 e. The third kappa shape index (κ3) is 60.7. The summed E-state index contributed by atoms with van der Waals surface area (Å²) in [5, 5.41) is 9.30. The van der Waals surface area contributed by atoms with Crippen LogP contribution in [0.25, 0.3) is 0 Å². The molecule has 1 N–H and O–H groups in total. The maximum absolute atomic E-state index is 12.1. The first-order valence-electron chi connectivity index (χ1n) is 41.2. The Balaban J connectivity index is -0.00000161. The SMILES string of the molecule is C1CCC2=NCCCN2CC1.C=C(C)C(=O)OCC(O)COC(=O)C(=C)C.C=CC(=O)OCCCCCCOC(=O)C=C.CC(C)(C)OOC(=O)c1ccccc1.CO[Si](C)(CCCCS)OC.CO[Si](C)(CCCSCCC(=O)OCCOc1ccc(C(C)(C)c2ccc(OCCOC(=O)CCSCCC[Si](C)(OC)OC)cc2)cc1)OC.[2H][B].[U]. The van der Waals surface area contributed by atoms with Crippen LogP contribution in [0, 0.1) is 31.1 Å². The molecule has 2 aliphatic heterocycles. The Kier molecular flexibility index (Phi) is 69.6. The summed E-state index contributed by atoms with van der Waals surface area (Å²) in [5.41, 5.74) is 2.51. The zero-order chi connectivity index (χ0) is 91.4. The average Bonchev–Trinajstić information content (AvgIpc) is 0.890. The predicted molar refractivity (Wildman–Crippen MR) is 491 cm³/mol. The Morgan fingerprint density at radius 1 is 0.545 bits per heavy atom. The van der Waals surface area contributed by atoms with Gasteiger partial charge in [0.1, 0.15) is 62.8 Å². The van der Waals surface area contributed by atoms with Crippen molar-refractivity contribution < 1.29 is 144 Å². The van der Waals surface area contributed by atoms with E-state index in [1.807, 2.05) is 51.1 Å². The molecule has 682 valence electrons.